The van der Waals surface area contributed by atoms with Gasteiger partial charge in [0.1, 0.15) is 5.75 Å². The van der Waals surface area contributed by atoms with E-state index in [0.717, 1.165) is 32.7 Å². The van der Waals surface area contributed by atoms with E-state index in [1.54, 1.807) is 4.90 Å². The summed E-state index contributed by atoms with van der Waals surface area (Å²) in [4.78, 5) is 15.1. The number of carbonyl (C=O) groups excluding carboxylic acids is 1. The maximum absolute atomic E-state index is 13.4. The number of ether oxygens (including phenoxy) is 1. The van der Waals surface area contributed by atoms with Crippen LogP contribution in [0.2, 0.25) is 5.02 Å². The maximum Gasteiger partial charge on any atom is 0.262 e. The van der Waals surface area contributed by atoms with Crippen molar-refractivity contribution in [3.05, 3.63) is 105 Å². The Morgan fingerprint density at radius 1 is 0.967 bits per heavy atom. The molecule has 1 amide bonds. The van der Waals surface area contributed by atoms with E-state index in [1.165, 1.54) is 0 Å². The van der Waals surface area contributed by atoms with Gasteiger partial charge in [-0.05, 0) is 78.7 Å². The fourth-order valence-corrected chi connectivity index (χ4v) is 3.69. The average molecular weight is 481 g/mol. The zero-order valence-corrected chi connectivity index (χ0v) is 18.7. The Morgan fingerprint density at radius 3 is 2.27 bits per heavy atom. The monoisotopic (exact) mass is 479 g/mol. The van der Waals surface area contributed by atoms with Gasteiger partial charge in [-0.1, -0.05) is 51.8 Å². The second kappa shape index (κ2) is 8.90. The second-order valence-electron chi connectivity index (χ2n) is 6.76. The number of anilines is 1. The summed E-state index contributed by atoms with van der Waals surface area (Å²) in [5, 5.41) is 0.656. The predicted molar refractivity (Wildman–Crippen MR) is 127 cm³/mol. The van der Waals surface area contributed by atoms with Crippen LogP contribution < -0.4 is 9.64 Å². The molecule has 0 fully saturated rings. The number of amides is 1. The number of carbonyl (C=O) groups is 1. The lowest BCUT2D eigenvalue weighted by atomic mass is 10.1. The van der Waals surface area contributed by atoms with E-state index < -0.39 is 0 Å². The highest BCUT2D eigenvalue weighted by Crippen LogP contribution is 2.36. The molecule has 3 aromatic carbocycles. The number of hydrogen-bond donors (Lipinski definition) is 0. The molecule has 30 heavy (non-hydrogen) atoms. The maximum atomic E-state index is 13.4. The molecule has 3 nitrogen and oxygen atoms in total. The van der Waals surface area contributed by atoms with Crippen molar-refractivity contribution in [1.29, 1.82) is 0 Å². The van der Waals surface area contributed by atoms with Crippen LogP contribution in [0.25, 0.3) is 11.8 Å². The van der Waals surface area contributed by atoms with Gasteiger partial charge >= 0.3 is 0 Å². The predicted octanol–water partition coefficient (Wildman–Crippen LogP) is 6.97. The Labute approximate surface area is 189 Å². The van der Waals surface area contributed by atoms with Crippen molar-refractivity contribution in [2.75, 3.05) is 11.5 Å². The molecule has 0 saturated carbocycles. The quantitative estimate of drug-likeness (QED) is 0.369. The second-order valence-corrected chi connectivity index (χ2v) is 8.11. The Balaban J connectivity index is 1.75. The lowest BCUT2D eigenvalue weighted by Crippen LogP contribution is -2.24. The molecule has 3 aromatic rings. The molecule has 4 rings (SSSR count). The van der Waals surface area contributed by atoms with Gasteiger partial charge in [0.15, 0.2) is 0 Å². The largest absolute Gasteiger partial charge is 0.494 e. The van der Waals surface area contributed by atoms with E-state index >= 15 is 0 Å². The number of halogens is 2. The van der Waals surface area contributed by atoms with Crippen LogP contribution >= 0.6 is 27.5 Å². The van der Waals surface area contributed by atoms with Crippen molar-refractivity contribution in [2.24, 2.45) is 0 Å². The van der Waals surface area contributed by atoms with Crippen molar-refractivity contribution in [3.63, 3.8) is 0 Å². The lowest BCUT2D eigenvalue weighted by Gasteiger charge is -2.21. The first kappa shape index (κ1) is 20.5. The zero-order chi connectivity index (χ0) is 21.1. The van der Waals surface area contributed by atoms with Crippen LogP contribution in [0.5, 0.6) is 5.75 Å². The molecular formula is C25H19BrClNO2. The van der Waals surface area contributed by atoms with Gasteiger partial charge in [-0.15, -0.1) is 0 Å². The zero-order valence-electron chi connectivity index (χ0n) is 16.3. The summed E-state index contributed by atoms with van der Waals surface area (Å²) in [5.41, 5.74) is 4.10. The third-order valence-corrected chi connectivity index (χ3v) is 5.50. The van der Waals surface area contributed by atoms with E-state index in [0.29, 0.717) is 17.2 Å². The molecular weight excluding hydrogens is 462 g/mol. The molecule has 5 heteroatoms. The molecule has 0 bridgehead atoms. The Bertz CT molecular complexity index is 1120. The Kier molecular flexibility index (Phi) is 6.07. The molecule has 0 radical (unpaired) electrons. The minimum Gasteiger partial charge on any atom is -0.494 e. The average Bonchev–Trinajstić information content (AvgIpc) is 3.07. The smallest absolute Gasteiger partial charge is 0.262 e. The number of nitrogens with zero attached hydrogens (tertiary/aromatic N) is 1. The third kappa shape index (κ3) is 4.35. The summed E-state index contributed by atoms with van der Waals surface area (Å²) in [6, 6.07) is 22.9. The van der Waals surface area contributed by atoms with E-state index in [9.17, 15) is 4.79 Å². The molecule has 0 atom stereocenters. The first-order chi connectivity index (χ1) is 14.5. The van der Waals surface area contributed by atoms with Gasteiger partial charge < -0.3 is 4.74 Å². The van der Waals surface area contributed by atoms with E-state index in [1.807, 2.05) is 91.9 Å². The molecule has 150 valence electrons. The first-order valence-electron chi connectivity index (χ1n) is 9.57. The lowest BCUT2D eigenvalue weighted by molar-refractivity contribution is -0.113. The van der Waals surface area contributed by atoms with Crippen LogP contribution in [0.1, 0.15) is 18.1 Å². The topological polar surface area (TPSA) is 29.5 Å². The van der Waals surface area contributed by atoms with Crippen LogP contribution in [0.15, 0.2) is 88.9 Å². The fraction of sp³-hybridized carbons (Fsp3) is 0.0800. The van der Waals surface area contributed by atoms with Crippen molar-refractivity contribution < 1.29 is 9.53 Å². The van der Waals surface area contributed by atoms with Crippen molar-refractivity contribution >= 4 is 50.9 Å². The minimum absolute atomic E-state index is 0.0730. The molecule has 1 aliphatic heterocycles. The summed E-state index contributed by atoms with van der Waals surface area (Å²) in [5.74, 6) is 0.738. The summed E-state index contributed by atoms with van der Waals surface area (Å²) >= 11 is 9.52. The van der Waals surface area contributed by atoms with Gasteiger partial charge in [-0.25, -0.2) is 0 Å². The molecule has 0 aromatic heterocycles. The molecule has 0 spiro atoms. The van der Waals surface area contributed by atoms with Crippen molar-refractivity contribution in [1.82, 2.24) is 0 Å². The standard InChI is InChI=1S/C25H19BrClNO2/c1-2-30-23-13-3-17(4-14-23)15-19-16-24(18-5-9-21(27)10-6-18)28(25(19)29)22-11-7-20(26)8-12-22/h3-16H,2H2,1H3/b19-15+. The molecule has 0 N–H and O–H groups in total. The Morgan fingerprint density at radius 2 is 1.63 bits per heavy atom. The van der Waals surface area contributed by atoms with Gasteiger partial charge in [-0.3, -0.25) is 9.69 Å². The Hall–Kier alpha value is -2.82. The van der Waals surface area contributed by atoms with Crippen LogP contribution in [0.4, 0.5) is 5.69 Å². The van der Waals surface area contributed by atoms with E-state index in [4.69, 9.17) is 16.3 Å². The highest BCUT2D eigenvalue weighted by atomic mass is 79.9. The summed E-state index contributed by atoms with van der Waals surface area (Å²) < 4.78 is 6.46. The summed E-state index contributed by atoms with van der Waals surface area (Å²) in [7, 11) is 0. The highest BCUT2D eigenvalue weighted by molar-refractivity contribution is 9.10. The van der Waals surface area contributed by atoms with Crippen LogP contribution in [0, 0.1) is 0 Å². The summed E-state index contributed by atoms with van der Waals surface area (Å²) in [6.45, 7) is 2.57. The first-order valence-corrected chi connectivity index (χ1v) is 10.7. The molecule has 1 heterocycles. The van der Waals surface area contributed by atoms with Crippen LogP contribution in [-0.2, 0) is 4.79 Å². The fourth-order valence-electron chi connectivity index (χ4n) is 3.30. The van der Waals surface area contributed by atoms with Gasteiger partial charge in [0.25, 0.3) is 5.91 Å². The van der Waals surface area contributed by atoms with Crippen LogP contribution in [-0.4, -0.2) is 12.5 Å². The van der Waals surface area contributed by atoms with Crippen molar-refractivity contribution in [2.45, 2.75) is 6.92 Å². The number of rotatable bonds is 5. The summed E-state index contributed by atoms with van der Waals surface area (Å²) in [6.07, 6.45) is 3.82. The van der Waals surface area contributed by atoms with E-state index in [2.05, 4.69) is 15.9 Å². The van der Waals surface area contributed by atoms with Gasteiger partial charge in [0.2, 0.25) is 0 Å². The molecule has 0 aliphatic carbocycles. The van der Waals surface area contributed by atoms with Crippen molar-refractivity contribution in [3.8, 4) is 5.75 Å². The van der Waals surface area contributed by atoms with Gasteiger partial charge in [0, 0.05) is 20.8 Å². The molecule has 0 unspecified atom stereocenters. The van der Waals surface area contributed by atoms with E-state index in [-0.39, 0.29) is 5.91 Å². The van der Waals surface area contributed by atoms with Crippen LogP contribution in [0.3, 0.4) is 0 Å². The number of hydrogen-bond acceptors (Lipinski definition) is 2. The van der Waals surface area contributed by atoms with Gasteiger partial charge in [-0.2, -0.15) is 0 Å². The highest BCUT2D eigenvalue weighted by Gasteiger charge is 2.30. The molecule has 0 saturated heterocycles. The van der Waals surface area contributed by atoms with Gasteiger partial charge in [0.05, 0.1) is 12.3 Å². The SMILES string of the molecule is CCOc1ccc(/C=C2\C=C(c3ccc(Cl)cc3)N(c3ccc(Br)cc3)C2=O)cc1. The molecule has 1 aliphatic rings. The number of benzene rings is 3. The normalized spacial score (nSPS) is 14.9. The minimum atomic E-state index is -0.0730. The third-order valence-electron chi connectivity index (χ3n) is 4.72.